The van der Waals surface area contributed by atoms with E-state index in [0.717, 1.165) is 26.2 Å². The van der Waals surface area contributed by atoms with Gasteiger partial charge in [0, 0.05) is 38.3 Å². The molecule has 1 aromatic heterocycles. The van der Waals surface area contributed by atoms with Crippen LogP contribution in [0, 0.1) is 0 Å². The van der Waals surface area contributed by atoms with Gasteiger partial charge in [0.05, 0.1) is 27.4 Å². The van der Waals surface area contributed by atoms with Crippen LogP contribution in [0.3, 0.4) is 0 Å². The number of benzene rings is 1. The highest BCUT2D eigenvalue weighted by molar-refractivity contribution is 7.07. The van der Waals surface area contributed by atoms with Crippen LogP contribution < -0.4 is 19.5 Å². The molecule has 158 valence electrons. The second-order valence-corrected chi connectivity index (χ2v) is 7.82. The molecule has 2 heterocycles. The number of ether oxygens (including phenoxy) is 3. The maximum atomic E-state index is 12.9. The third-order valence-corrected chi connectivity index (χ3v) is 5.99. The summed E-state index contributed by atoms with van der Waals surface area (Å²) in [7, 11) is 6.77. The molecule has 1 aliphatic rings. The van der Waals surface area contributed by atoms with E-state index >= 15 is 0 Å². The summed E-state index contributed by atoms with van der Waals surface area (Å²) >= 11 is 1.68. The molecule has 1 N–H and O–H groups in total. The predicted octanol–water partition coefficient (Wildman–Crippen LogP) is 2.49. The van der Waals surface area contributed by atoms with Crippen molar-refractivity contribution < 1.29 is 19.0 Å². The van der Waals surface area contributed by atoms with Gasteiger partial charge in [-0.2, -0.15) is 11.3 Å². The molecular formula is C21H29N3O4S. The van der Waals surface area contributed by atoms with Gasteiger partial charge in [0.2, 0.25) is 5.75 Å². The Morgan fingerprint density at radius 1 is 1.10 bits per heavy atom. The lowest BCUT2D eigenvalue weighted by Crippen LogP contribution is -2.48. The molecule has 1 unspecified atom stereocenters. The summed E-state index contributed by atoms with van der Waals surface area (Å²) in [6, 6.07) is 5.64. The fourth-order valence-electron chi connectivity index (χ4n) is 3.56. The number of thiophene rings is 1. The smallest absolute Gasteiger partial charge is 0.251 e. The van der Waals surface area contributed by atoms with Crippen LogP contribution >= 0.6 is 11.3 Å². The zero-order valence-corrected chi connectivity index (χ0v) is 18.3. The summed E-state index contributed by atoms with van der Waals surface area (Å²) in [5.74, 6) is 1.23. The topological polar surface area (TPSA) is 63.3 Å². The minimum atomic E-state index is -0.168. The van der Waals surface area contributed by atoms with E-state index in [-0.39, 0.29) is 11.9 Å². The molecule has 0 aliphatic carbocycles. The summed E-state index contributed by atoms with van der Waals surface area (Å²) in [4.78, 5) is 17.7. The Bertz CT molecular complexity index is 779. The third kappa shape index (κ3) is 5.01. The zero-order chi connectivity index (χ0) is 20.8. The molecule has 0 radical (unpaired) electrons. The van der Waals surface area contributed by atoms with Gasteiger partial charge in [-0.15, -0.1) is 0 Å². The standard InChI is InChI=1S/C21H29N3O4S/c1-23-6-8-24(9-7-23)17(15-5-10-29-14-15)13-22-21(25)16-11-18(26-2)20(28-4)19(12-16)27-3/h5,10-12,14,17H,6-9,13H2,1-4H3,(H,22,25). The van der Waals surface area contributed by atoms with Crippen LogP contribution in [-0.2, 0) is 0 Å². The average Bonchev–Trinajstić information content (AvgIpc) is 3.28. The maximum Gasteiger partial charge on any atom is 0.251 e. The minimum Gasteiger partial charge on any atom is -0.493 e. The zero-order valence-electron chi connectivity index (χ0n) is 17.4. The van der Waals surface area contributed by atoms with Crippen molar-refractivity contribution in [1.29, 1.82) is 0 Å². The van der Waals surface area contributed by atoms with Crippen molar-refractivity contribution in [3.05, 3.63) is 40.1 Å². The van der Waals surface area contributed by atoms with Crippen molar-refractivity contribution in [2.45, 2.75) is 6.04 Å². The SMILES string of the molecule is COc1cc(C(=O)NCC(c2ccsc2)N2CCN(C)CC2)cc(OC)c1OC. The molecule has 1 aliphatic heterocycles. The number of rotatable bonds is 8. The Hall–Kier alpha value is -2.29. The van der Waals surface area contributed by atoms with Gasteiger partial charge < -0.3 is 24.4 Å². The van der Waals surface area contributed by atoms with Gasteiger partial charge in [-0.1, -0.05) is 0 Å². The highest BCUT2D eigenvalue weighted by Gasteiger charge is 2.25. The minimum absolute atomic E-state index is 0.154. The number of methoxy groups -OCH3 is 3. The van der Waals surface area contributed by atoms with E-state index in [1.54, 1.807) is 44.8 Å². The van der Waals surface area contributed by atoms with Crippen molar-refractivity contribution in [3.8, 4) is 17.2 Å². The lowest BCUT2D eigenvalue weighted by Gasteiger charge is -2.38. The number of likely N-dealkylation sites (N-methyl/N-ethyl adjacent to an activating group) is 1. The lowest BCUT2D eigenvalue weighted by molar-refractivity contribution is 0.0886. The van der Waals surface area contributed by atoms with E-state index < -0.39 is 0 Å². The Morgan fingerprint density at radius 3 is 2.28 bits per heavy atom. The molecule has 7 nitrogen and oxygen atoms in total. The van der Waals surface area contributed by atoms with Crippen molar-refractivity contribution in [3.63, 3.8) is 0 Å². The van der Waals surface area contributed by atoms with Gasteiger partial charge in [-0.3, -0.25) is 9.69 Å². The number of hydrogen-bond acceptors (Lipinski definition) is 7. The lowest BCUT2D eigenvalue weighted by atomic mass is 10.1. The molecule has 0 bridgehead atoms. The van der Waals surface area contributed by atoms with E-state index in [9.17, 15) is 4.79 Å². The molecule has 1 amide bonds. The number of carbonyl (C=O) groups is 1. The molecule has 3 rings (SSSR count). The molecule has 29 heavy (non-hydrogen) atoms. The second-order valence-electron chi connectivity index (χ2n) is 7.04. The van der Waals surface area contributed by atoms with Crippen LogP contribution in [0.2, 0.25) is 0 Å². The summed E-state index contributed by atoms with van der Waals surface area (Å²) in [6.07, 6.45) is 0. The van der Waals surface area contributed by atoms with E-state index in [2.05, 4.69) is 39.0 Å². The van der Waals surface area contributed by atoms with Crippen molar-refractivity contribution in [2.24, 2.45) is 0 Å². The van der Waals surface area contributed by atoms with Crippen LogP contribution in [0.5, 0.6) is 17.2 Å². The van der Waals surface area contributed by atoms with Gasteiger partial charge >= 0.3 is 0 Å². The van der Waals surface area contributed by atoms with E-state index in [1.807, 2.05) is 0 Å². The molecule has 1 fully saturated rings. The van der Waals surface area contributed by atoms with Crippen molar-refractivity contribution >= 4 is 17.2 Å². The Labute approximate surface area is 176 Å². The summed E-state index contributed by atoms with van der Waals surface area (Å²) < 4.78 is 16.1. The first-order valence-corrected chi connectivity index (χ1v) is 10.5. The van der Waals surface area contributed by atoms with Crippen molar-refractivity contribution in [2.75, 3.05) is 61.1 Å². The van der Waals surface area contributed by atoms with Crippen LogP contribution in [0.1, 0.15) is 22.0 Å². The predicted molar refractivity (Wildman–Crippen MR) is 115 cm³/mol. The highest BCUT2D eigenvalue weighted by atomic mass is 32.1. The molecular weight excluding hydrogens is 390 g/mol. The number of nitrogens with one attached hydrogen (secondary N) is 1. The Morgan fingerprint density at radius 2 is 1.76 bits per heavy atom. The summed E-state index contributed by atoms with van der Waals surface area (Å²) in [5.41, 5.74) is 1.71. The molecule has 2 aromatic rings. The van der Waals surface area contributed by atoms with Crippen molar-refractivity contribution in [1.82, 2.24) is 15.1 Å². The average molecular weight is 420 g/mol. The molecule has 8 heteroatoms. The first kappa shape index (κ1) is 21.4. The fraction of sp³-hybridized carbons (Fsp3) is 0.476. The van der Waals surface area contributed by atoms with Gasteiger partial charge in [0.25, 0.3) is 5.91 Å². The quantitative estimate of drug-likeness (QED) is 0.709. The van der Waals surface area contributed by atoms with Crippen LogP contribution in [0.4, 0.5) is 0 Å². The molecule has 1 saturated heterocycles. The third-order valence-electron chi connectivity index (χ3n) is 5.29. The number of piperazine rings is 1. The first-order valence-electron chi connectivity index (χ1n) is 9.60. The van der Waals surface area contributed by atoms with Crippen LogP contribution in [-0.4, -0.2) is 76.8 Å². The van der Waals surface area contributed by atoms with E-state index in [1.165, 1.54) is 5.56 Å². The Kier molecular flexibility index (Phi) is 7.35. The molecule has 0 saturated carbocycles. The highest BCUT2D eigenvalue weighted by Crippen LogP contribution is 2.38. The number of hydrogen-bond donors (Lipinski definition) is 1. The summed E-state index contributed by atoms with van der Waals surface area (Å²) in [6.45, 7) is 4.56. The van der Waals surface area contributed by atoms with E-state index in [0.29, 0.717) is 29.4 Å². The number of carbonyl (C=O) groups excluding carboxylic acids is 1. The molecule has 0 spiro atoms. The fourth-order valence-corrected chi connectivity index (χ4v) is 4.27. The monoisotopic (exact) mass is 419 g/mol. The van der Waals surface area contributed by atoms with Gasteiger partial charge in [0.1, 0.15) is 0 Å². The summed E-state index contributed by atoms with van der Waals surface area (Å²) in [5, 5.41) is 7.34. The van der Waals surface area contributed by atoms with Gasteiger partial charge in [0.15, 0.2) is 11.5 Å². The normalized spacial score (nSPS) is 16.3. The first-order chi connectivity index (χ1) is 14.1. The number of amides is 1. The Balaban J connectivity index is 1.75. The second kappa shape index (κ2) is 9.96. The van der Waals surface area contributed by atoms with Crippen LogP contribution in [0.15, 0.2) is 29.0 Å². The van der Waals surface area contributed by atoms with Gasteiger partial charge in [-0.25, -0.2) is 0 Å². The molecule has 1 atom stereocenters. The maximum absolute atomic E-state index is 12.9. The van der Waals surface area contributed by atoms with Gasteiger partial charge in [-0.05, 0) is 41.6 Å². The number of nitrogens with zero attached hydrogens (tertiary/aromatic N) is 2. The molecule has 1 aromatic carbocycles. The van der Waals surface area contributed by atoms with E-state index in [4.69, 9.17) is 14.2 Å². The largest absolute Gasteiger partial charge is 0.493 e. The van der Waals surface area contributed by atoms with Crippen LogP contribution in [0.25, 0.3) is 0 Å².